The largest absolute Gasteiger partial charge is 0.380 e. The summed E-state index contributed by atoms with van der Waals surface area (Å²) in [5.41, 5.74) is 9.27. The molecule has 0 bridgehead atoms. The molecule has 0 fully saturated rings. The Bertz CT molecular complexity index is 976. The number of aryl methyl sites for hydroxylation is 1. The summed E-state index contributed by atoms with van der Waals surface area (Å²) in [5, 5.41) is 3.82. The van der Waals surface area contributed by atoms with Crippen LogP contribution in [0.1, 0.15) is 54.5 Å². The zero-order chi connectivity index (χ0) is 19.0. The lowest BCUT2D eigenvalue weighted by Gasteiger charge is -2.25. The minimum Gasteiger partial charge on any atom is -0.380 e. The quantitative estimate of drug-likeness (QED) is 0.575. The Hall–Kier alpha value is -2.80. The Morgan fingerprint density at radius 1 is 0.778 bits per heavy atom. The first-order chi connectivity index (χ1) is 12.9. The van der Waals surface area contributed by atoms with Crippen molar-refractivity contribution in [3.63, 3.8) is 0 Å². The van der Waals surface area contributed by atoms with Crippen molar-refractivity contribution >= 4 is 11.3 Å². The van der Waals surface area contributed by atoms with Crippen molar-refractivity contribution < 1.29 is 0 Å². The molecule has 4 rings (SSSR count). The fourth-order valence-electron chi connectivity index (χ4n) is 4.02. The van der Waals surface area contributed by atoms with Gasteiger partial charge in [0.25, 0.3) is 0 Å². The Labute approximate surface area is 162 Å². The van der Waals surface area contributed by atoms with E-state index in [2.05, 4.69) is 112 Å². The first-order valence-corrected chi connectivity index (χ1v) is 9.68. The van der Waals surface area contributed by atoms with E-state index in [9.17, 15) is 0 Å². The second-order valence-electron chi connectivity index (χ2n) is 8.46. The first-order valence-electron chi connectivity index (χ1n) is 9.68. The van der Waals surface area contributed by atoms with Gasteiger partial charge in [0, 0.05) is 22.7 Å². The van der Waals surface area contributed by atoms with Gasteiger partial charge in [0.1, 0.15) is 0 Å². The highest BCUT2D eigenvalue weighted by atomic mass is 15.0. The van der Waals surface area contributed by atoms with E-state index in [0.717, 1.165) is 0 Å². The molecule has 0 aliphatic heterocycles. The van der Waals surface area contributed by atoms with Gasteiger partial charge in [-0.15, -0.1) is 0 Å². The molecule has 136 valence electrons. The van der Waals surface area contributed by atoms with Crippen molar-refractivity contribution in [2.24, 2.45) is 0 Å². The summed E-state index contributed by atoms with van der Waals surface area (Å²) in [6.45, 7) is 8.87. The maximum atomic E-state index is 3.82. The molecule has 27 heavy (non-hydrogen) atoms. The monoisotopic (exact) mass is 353 g/mol. The van der Waals surface area contributed by atoms with Crippen LogP contribution in [-0.2, 0) is 0 Å². The normalized spacial score (nSPS) is 16.4. The van der Waals surface area contributed by atoms with Crippen LogP contribution in [0.15, 0.2) is 78.9 Å². The number of rotatable bonds is 3. The minimum absolute atomic E-state index is 0.0108. The van der Waals surface area contributed by atoms with Crippen LogP contribution in [-0.4, -0.2) is 5.54 Å². The molecule has 0 saturated heterocycles. The molecule has 1 nitrogen and oxygen atoms in total. The predicted molar refractivity (Wildman–Crippen MR) is 116 cm³/mol. The van der Waals surface area contributed by atoms with Crippen LogP contribution < -0.4 is 5.32 Å². The standard InChI is InChI=1S/C26H27N/c1-18-15-16-21-22(17-18)23(19-11-7-5-8-12-19)24(20-13-9-6-10-14-20)25(21)27-26(2,3)4/h5-17,23,27H,1-4H3. The number of hydrogen-bond acceptors (Lipinski definition) is 1. The van der Waals surface area contributed by atoms with Crippen molar-refractivity contribution in [2.75, 3.05) is 0 Å². The van der Waals surface area contributed by atoms with Crippen LogP contribution in [0.2, 0.25) is 0 Å². The lowest BCUT2D eigenvalue weighted by Crippen LogP contribution is -2.34. The van der Waals surface area contributed by atoms with Crippen LogP contribution in [0.3, 0.4) is 0 Å². The van der Waals surface area contributed by atoms with Crippen molar-refractivity contribution in [1.29, 1.82) is 0 Å². The fourth-order valence-corrected chi connectivity index (χ4v) is 4.02. The molecular weight excluding hydrogens is 326 g/mol. The van der Waals surface area contributed by atoms with E-state index in [1.165, 1.54) is 39.1 Å². The van der Waals surface area contributed by atoms with Gasteiger partial charge in [-0.3, -0.25) is 0 Å². The van der Waals surface area contributed by atoms with E-state index in [4.69, 9.17) is 0 Å². The van der Waals surface area contributed by atoms with Gasteiger partial charge in [0.2, 0.25) is 0 Å². The summed E-state index contributed by atoms with van der Waals surface area (Å²) in [4.78, 5) is 0. The molecule has 1 atom stereocenters. The highest BCUT2D eigenvalue weighted by molar-refractivity contribution is 6.00. The second kappa shape index (κ2) is 6.74. The van der Waals surface area contributed by atoms with Crippen molar-refractivity contribution in [2.45, 2.75) is 39.2 Å². The van der Waals surface area contributed by atoms with E-state index >= 15 is 0 Å². The molecular formula is C26H27N. The first kappa shape index (κ1) is 17.6. The minimum atomic E-state index is -0.0108. The Kier molecular flexibility index (Phi) is 4.39. The number of benzene rings is 3. The summed E-state index contributed by atoms with van der Waals surface area (Å²) in [6, 6.07) is 28.5. The number of nitrogens with one attached hydrogen (secondary N) is 1. The summed E-state index contributed by atoms with van der Waals surface area (Å²) >= 11 is 0. The Morgan fingerprint density at radius 2 is 1.41 bits per heavy atom. The maximum Gasteiger partial charge on any atom is 0.0469 e. The van der Waals surface area contributed by atoms with Crippen molar-refractivity contribution in [1.82, 2.24) is 5.32 Å². The molecule has 1 N–H and O–H groups in total. The zero-order valence-corrected chi connectivity index (χ0v) is 16.6. The molecule has 3 aromatic carbocycles. The van der Waals surface area contributed by atoms with Crippen molar-refractivity contribution in [3.05, 3.63) is 107 Å². The third-order valence-corrected chi connectivity index (χ3v) is 5.06. The van der Waals surface area contributed by atoms with Crippen LogP contribution >= 0.6 is 0 Å². The van der Waals surface area contributed by atoms with E-state index in [0.29, 0.717) is 0 Å². The van der Waals surface area contributed by atoms with Gasteiger partial charge in [-0.2, -0.15) is 0 Å². The molecule has 0 spiro atoms. The SMILES string of the molecule is Cc1ccc2c(c1)C(c1ccccc1)C(c1ccccc1)=C2NC(C)(C)C. The van der Waals surface area contributed by atoms with Gasteiger partial charge >= 0.3 is 0 Å². The fraction of sp³-hybridized carbons (Fsp3) is 0.231. The predicted octanol–water partition coefficient (Wildman–Crippen LogP) is 6.40. The van der Waals surface area contributed by atoms with E-state index in [1.807, 2.05) is 0 Å². The summed E-state index contributed by atoms with van der Waals surface area (Å²) in [5.74, 6) is 0.244. The molecule has 0 aromatic heterocycles. The molecule has 3 aromatic rings. The third-order valence-electron chi connectivity index (χ3n) is 5.06. The number of hydrogen-bond donors (Lipinski definition) is 1. The summed E-state index contributed by atoms with van der Waals surface area (Å²) in [6.07, 6.45) is 0. The van der Waals surface area contributed by atoms with Gasteiger partial charge in [-0.25, -0.2) is 0 Å². The van der Waals surface area contributed by atoms with Crippen molar-refractivity contribution in [3.8, 4) is 0 Å². The van der Waals surface area contributed by atoms with E-state index < -0.39 is 0 Å². The van der Waals surface area contributed by atoms with Gasteiger partial charge in [-0.1, -0.05) is 84.4 Å². The molecule has 0 amide bonds. The van der Waals surface area contributed by atoms with Gasteiger partial charge in [0.05, 0.1) is 0 Å². The maximum absolute atomic E-state index is 3.82. The van der Waals surface area contributed by atoms with Crippen LogP contribution in [0, 0.1) is 6.92 Å². The Morgan fingerprint density at radius 3 is 2.04 bits per heavy atom. The molecule has 0 saturated carbocycles. The topological polar surface area (TPSA) is 12.0 Å². The molecule has 0 heterocycles. The van der Waals surface area contributed by atoms with Crippen LogP contribution in [0.25, 0.3) is 11.3 Å². The lowest BCUT2D eigenvalue weighted by atomic mass is 9.85. The van der Waals surface area contributed by atoms with E-state index in [1.54, 1.807) is 0 Å². The molecule has 1 aliphatic rings. The summed E-state index contributed by atoms with van der Waals surface area (Å²) < 4.78 is 0. The average molecular weight is 354 g/mol. The highest BCUT2D eigenvalue weighted by Gasteiger charge is 2.34. The second-order valence-corrected chi connectivity index (χ2v) is 8.46. The molecule has 0 radical (unpaired) electrons. The summed E-state index contributed by atoms with van der Waals surface area (Å²) in [7, 11) is 0. The number of fused-ring (bicyclic) bond motifs is 1. The highest BCUT2D eigenvalue weighted by Crippen LogP contribution is 2.49. The van der Waals surface area contributed by atoms with Crippen LogP contribution in [0.4, 0.5) is 0 Å². The van der Waals surface area contributed by atoms with Gasteiger partial charge in [0.15, 0.2) is 0 Å². The van der Waals surface area contributed by atoms with Gasteiger partial charge in [-0.05, 0) is 50.0 Å². The third kappa shape index (κ3) is 3.42. The lowest BCUT2D eigenvalue weighted by molar-refractivity contribution is 0.502. The Balaban J connectivity index is 2.01. The van der Waals surface area contributed by atoms with Crippen LogP contribution in [0.5, 0.6) is 0 Å². The average Bonchev–Trinajstić information content (AvgIpc) is 2.95. The van der Waals surface area contributed by atoms with E-state index in [-0.39, 0.29) is 11.5 Å². The number of allylic oxidation sites excluding steroid dienone is 1. The molecule has 1 unspecified atom stereocenters. The van der Waals surface area contributed by atoms with Gasteiger partial charge < -0.3 is 5.32 Å². The molecule has 1 aliphatic carbocycles. The molecule has 1 heteroatoms. The zero-order valence-electron chi connectivity index (χ0n) is 16.6. The smallest absolute Gasteiger partial charge is 0.0469 e.